The molecule has 0 N–H and O–H groups in total. The van der Waals surface area contributed by atoms with E-state index in [-0.39, 0.29) is 17.7 Å². The predicted molar refractivity (Wildman–Crippen MR) is 50.7 cm³/mol. The fourth-order valence-corrected chi connectivity index (χ4v) is 1.38. The van der Waals surface area contributed by atoms with E-state index in [4.69, 9.17) is 9.47 Å². The Labute approximate surface area is 86.0 Å². The number of hydrogen-bond acceptors (Lipinski definition) is 5. The summed E-state index contributed by atoms with van der Waals surface area (Å²) in [7, 11) is 0. The molecule has 2 rings (SSSR count). The van der Waals surface area contributed by atoms with Crippen LogP contribution in [0, 0.1) is 10.1 Å². The van der Waals surface area contributed by atoms with Crippen molar-refractivity contribution < 1.29 is 14.4 Å². The molecule has 1 aromatic heterocycles. The van der Waals surface area contributed by atoms with Crippen molar-refractivity contribution in [2.75, 3.05) is 13.2 Å². The summed E-state index contributed by atoms with van der Waals surface area (Å²) in [6, 6.07) is 2.88. The zero-order valence-electron chi connectivity index (χ0n) is 7.96. The van der Waals surface area contributed by atoms with Crippen LogP contribution in [-0.2, 0) is 4.74 Å². The third kappa shape index (κ3) is 2.21. The number of hydrogen-bond donors (Lipinski definition) is 0. The summed E-state index contributed by atoms with van der Waals surface area (Å²) in [5.74, 6) is 0.0676. The molecule has 1 saturated heterocycles. The molecule has 2 heterocycles. The summed E-state index contributed by atoms with van der Waals surface area (Å²) in [5.41, 5.74) is -0.107. The predicted octanol–water partition coefficient (Wildman–Crippen LogP) is 1.16. The van der Waals surface area contributed by atoms with Crippen molar-refractivity contribution in [1.82, 2.24) is 4.98 Å². The van der Waals surface area contributed by atoms with Crippen LogP contribution < -0.4 is 4.74 Å². The van der Waals surface area contributed by atoms with Crippen LogP contribution in [-0.4, -0.2) is 29.2 Å². The van der Waals surface area contributed by atoms with Crippen molar-refractivity contribution in [2.45, 2.75) is 12.5 Å². The fourth-order valence-electron chi connectivity index (χ4n) is 1.38. The number of pyridine rings is 1. The summed E-state index contributed by atoms with van der Waals surface area (Å²) in [6.45, 7) is 1.10. The molecule has 1 unspecified atom stereocenters. The molecule has 6 nitrogen and oxygen atoms in total. The van der Waals surface area contributed by atoms with Gasteiger partial charge >= 0.3 is 5.69 Å². The third-order valence-electron chi connectivity index (χ3n) is 2.11. The lowest BCUT2D eigenvalue weighted by atomic mass is 10.3. The first kappa shape index (κ1) is 9.85. The molecule has 80 valence electrons. The Balaban J connectivity index is 2.15. The molecule has 0 amide bonds. The standard InChI is InChI=1S/C9H10N2O4/c12-11(13)8-2-1-4-10-9(8)15-7-3-5-14-6-7/h1-2,4,7H,3,5-6H2. The molecule has 1 fully saturated rings. The maximum atomic E-state index is 10.6. The van der Waals surface area contributed by atoms with Gasteiger partial charge in [0.25, 0.3) is 5.88 Å². The van der Waals surface area contributed by atoms with Gasteiger partial charge in [-0.1, -0.05) is 0 Å². The summed E-state index contributed by atoms with van der Waals surface area (Å²) in [6.07, 6.45) is 2.09. The van der Waals surface area contributed by atoms with Crippen molar-refractivity contribution in [1.29, 1.82) is 0 Å². The Hall–Kier alpha value is -1.69. The van der Waals surface area contributed by atoms with E-state index < -0.39 is 4.92 Å². The Morgan fingerprint density at radius 3 is 3.20 bits per heavy atom. The summed E-state index contributed by atoms with van der Waals surface area (Å²) in [4.78, 5) is 14.0. The average molecular weight is 210 g/mol. The van der Waals surface area contributed by atoms with Crippen LogP contribution in [0.15, 0.2) is 18.3 Å². The second kappa shape index (κ2) is 4.22. The highest BCUT2D eigenvalue weighted by Gasteiger charge is 2.23. The van der Waals surface area contributed by atoms with Gasteiger partial charge in [0, 0.05) is 18.7 Å². The highest BCUT2D eigenvalue weighted by Crippen LogP contribution is 2.25. The minimum absolute atomic E-state index is 0.0676. The normalized spacial score (nSPS) is 20.1. The van der Waals surface area contributed by atoms with Gasteiger partial charge in [-0.15, -0.1) is 0 Å². The van der Waals surface area contributed by atoms with E-state index in [1.807, 2.05) is 0 Å². The first-order chi connectivity index (χ1) is 7.27. The molecule has 0 aliphatic carbocycles. The van der Waals surface area contributed by atoms with Crippen LogP contribution in [0.25, 0.3) is 0 Å². The van der Waals surface area contributed by atoms with Gasteiger partial charge in [0.05, 0.1) is 18.1 Å². The van der Waals surface area contributed by atoms with Gasteiger partial charge in [0.1, 0.15) is 6.10 Å². The molecular weight excluding hydrogens is 200 g/mol. The molecule has 1 aromatic rings. The lowest BCUT2D eigenvalue weighted by molar-refractivity contribution is -0.386. The monoisotopic (exact) mass is 210 g/mol. The van der Waals surface area contributed by atoms with Gasteiger partial charge in [0.2, 0.25) is 0 Å². The van der Waals surface area contributed by atoms with E-state index in [0.717, 1.165) is 6.42 Å². The minimum Gasteiger partial charge on any atom is -0.467 e. The highest BCUT2D eigenvalue weighted by molar-refractivity contribution is 5.39. The van der Waals surface area contributed by atoms with Gasteiger partial charge in [-0.2, -0.15) is 0 Å². The zero-order chi connectivity index (χ0) is 10.7. The SMILES string of the molecule is O=[N+]([O-])c1cccnc1OC1CCOC1. The average Bonchev–Trinajstić information content (AvgIpc) is 2.71. The van der Waals surface area contributed by atoms with Gasteiger partial charge in [-0.3, -0.25) is 10.1 Å². The third-order valence-corrected chi connectivity index (χ3v) is 2.11. The topological polar surface area (TPSA) is 74.5 Å². The van der Waals surface area contributed by atoms with Crippen LogP contribution >= 0.6 is 0 Å². The van der Waals surface area contributed by atoms with E-state index in [2.05, 4.69) is 4.98 Å². The Morgan fingerprint density at radius 1 is 1.67 bits per heavy atom. The lowest BCUT2D eigenvalue weighted by Crippen LogP contribution is -2.17. The van der Waals surface area contributed by atoms with Gasteiger partial charge in [-0.25, -0.2) is 4.98 Å². The van der Waals surface area contributed by atoms with Crippen molar-refractivity contribution in [3.8, 4) is 5.88 Å². The summed E-state index contributed by atoms with van der Waals surface area (Å²) >= 11 is 0. The van der Waals surface area contributed by atoms with E-state index in [0.29, 0.717) is 13.2 Å². The number of rotatable bonds is 3. The van der Waals surface area contributed by atoms with E-state index in [9.17, 15) is 10.1 Å². The smallest absolute Gasteiger partial charge is 0.330 e. The largest absolute Gasteiger partial charge is 0.467 e. The molecule has 1 aliphatic heterocycles. The Kier molecular flexibility index (Phi) is 2.77. The van der Waals surface area contributed by atoms with Gasteiger partial charge in [-0.05, 0) is 6.07 Å². The molecule has 0 aromatic carbocycles. The fraction of sp³-hybridized carbons (Fsp3) is 0.444. The first-order valence-corrected chi connectivity index (χ1v) is 4.61. The molecule has 6 heteroatoms. The van der Waals surface area contributed by atoms with Crippen LogP contribution in [0.1, 0.15) is 6.42 Å². The van der Waals surface area contributed by atoms with Gasteiger partial charge < -0.3 is 9.47 Å². The second-order valence-electron chi connectivity index (χ2n) is 3.19. The number of nitrogens with zero attached hydrogens (tertiary/aromatic N) is 2. The van der Waals surface area contributed by atoms with E-state index in [1.54, 1.807) is 0 Å². The van der Waals surface area contributed by atoms with Crippen LogP contribution in [0.3, 0.4) is 0 Å². The first-order valence-electron chi connectivity index (χ1n) is 4.61. The molecule has 0 spiro atoms. The van der Waals surface area contributed by atoms with Crippen molar-refractivity contribution in [3.05, 3.63) is 28.4 Å². The summed E-state index contributed by atoms with van der Waals surface area (Å²) in [5, 5.41) is 10.6. The van der Waals surface area contributed by atoms with Crippen LogP contribution in [0.5, 0.6) is 5.88 Å². The molecule has 15 heavy (non-hydrogen) atoms. The molecule has 0 saturated carbocycles. The van der Waals surface area contributed by atoms with Crippen LogP contribution in [0.2, 0.25) is 0 Å². The number of nitro groups is 1. The maximum Gasteiger partial charge on any atom is 0.330 e. The summed E-state index contributed by atoms with van der Waals surface area (Å²) < 4.78 is 10.5. The Morgan fingerprint density at radius 2 is 2.53 bits per heavy atom. The molecule has 1 aliphatic rings. The van der Waals surface area contributed by atoms with Crippen molar-refractivity contribution in [3.63, 3.8) is 0 Å². The van der Waals surface area contributed by atoms with Gasteiger partial charge in [0.15, 0.2) is 0 Å². The quantitative estimate of drug-likeness (QED) is 0.552. The van der Waals surface area contributed by atoms with E-state index >= 15 is 0 Å². The van der Waals surface area contributed by atoms with Crippen molar-refractivity contribution >= 4 is 5.69 Å². The molecule has 0 bridgehead atoms. The Bertz CT molecular complexity index is 363. The number of ether oxygens (including phenoxy) is 2. The lowest BCUT2D eigenvalue weighted by Gasteiger charge is -2.09. The molecule has 1 atom stereocenters. The zero-order valence-corrected chi connectivity index (χ0v) is 7.96. The number of aromatic nitrogens is 1. The van der Waals surface area contributed by atoms with E-state index in [1.165, 1.54) is 18.3 Å². The molecule has 0 radical (unpaired) electrons. The highest BCUT2D eigenvalue weighted by atomic mass is 16.6. The maximum absolute atomic E-state index is 10.6. The van der Waals surface area contributed by atoms with Crippen LogP contribution in [0.4, 0.5) is 5.69 Å². The molecular formula is C9H10N2O4. The minimum atomic E-state index is -0.502. The van der Waals surface area contributed by atoms with Crippen molar-refractivity contribution in [2.24, 2.45) is 0 Å². The second-order valence-corrected chi connectivity index (χ2v) is 3.19.